The summed E-state index contributed by atoms with van der Waals surface area (Å²) < 4.78 is 5.45. The molecule has 1 amide bonds. The van der Waals surface area contributed by atoms with Crippen LogP contribution in [0.1, 0.15) is 44.4 Å². The number of aryl methyl sites for hydroxylation is 1. The number of anilines is 1. The van der Waals surface area contributed by atoms with Crippen molar-refractivity contribution in [2.45, 2.75) is 32.9 Å². The van der Waals surface area contributed by atoms with Crippen molar-refractivity contribution in [1.29, 1.82) is 0 Å². The summed E-state index contributed by atoms with van der Waals surface area (Å²) in [5.74, 6) is -0.0484. The molecule has 0 fully saturated rings. The molecule has 2 aromatic carbocycles. The van der Waals surface area contributed by atoms with Crippen LogP contribution in [0.25, 0.3) is 0 Å². The van der Waals surface area contributed by atoms with Crippen LogP contribution in [0, 0.1) is 0 Å². The number of carbonyl (C=O) groups excluding carboxylic acids is 2. The zero-order valence-corrected chi connectivity index (χ0v) is 17.7. The number of nitrogens with zero attached hydrogens (tertiary/aromatic N) is 1. The quantitative estimate of drug-likeness (QED) is 0.601. The minimum atomic E-state index is -0.348. The molecule has 2 N–H and O–H groups in total. The number of nitrogens with two attached hydrogens (primary N) is 1. The lowest BCUT2D eigenvalue weighted by Gasteiger charge is -2.26. The van der Waals surface area contributed by atoms with Crippen molar-refractivity contribution in [2.24, 2.45) is 0 Å². The molecule has 0 atom stereocenters. The van der Waals surface area contributed by atoms with Gasteiger partial charge in [0.1, 0.15) is 6.61 Å². The van der Waals surface area contributed by atoms with E-state index in [2.05, 4.69) is 6.92 Å². The predicted octanol–water partition coefficient (Wildman–Crippen LogP) is 4.82. The summed E-state index contributed by atoms with van der Waals surface area (Å²) in [6.45, 7) is 3.25. The van der Waals surface area contributed by atoms with Crippen molar-refractivity contribution in [3.63, 3.8) is 0 Å². The lowest BCUT2D eigenvalue weighted by molar-refractivity contribution is 0.0923. The molecule has 0 spiro atoms. The molecule has 4 rings (SSSR count). The van der Waals surface area contributed by atoms with E-state index < -0.39 is 0 Å². The standard InChI is InChI=1S/C24H24N2O3S/c1-2-16-8-10-18(11-9-16)22(27)21-19-12-13-26(14-20(19)30-23(21)25)24(28)29-15-17-6-4-3-5-7-17/h3-11H,2,12-15,25H2,1H3. The second-order valence-electron chi connectivity index (χ2n) is 7.33. The summed E-state index contributed by atoms with van der Waals surface area (Å²) in [4.78, 5) is 28.2. The second kappa shape index (κ2) is 8.71. The van der Waals surface area contributed by atoms with Gasteiger partial charge in [0.15, 0.2) is 5.78 Å². The maximum atomic E-state index is 13.1. The molecule has 1 aliphatic rings. The molecule has 3 aromatic rings. The van der Waals surface area contributed by atoms with Gasteiger partial charge in [0, 0.05) is 17.0 Å². The molecule has 0 saturated carbocycles. The third-order valence-corrected chi connectivity index (χ3v) is 6.44. The van der Waals surface area contributed by atoms with Gasteiger partial charge in [-0.3, -0.25) is 4.79 Å². The average Bonchev–Trinajstić information content (AvgIpc) is 3.12. The Kier molecular flexibility index (Phi) is 5.86. The first-order chi connectivity index (χ1) is 14.6. The largest absolute Gasteiger partial charge is 0.445 e. The topological polar surface area (TPSA) is 72.6 Å². The van der Waals surface area contributed by atoms with E-state index >= 15 is 0 Å². The third-order valence-electron chi connectivity index (χ3n) is 5.40. The summed E-state index contributed by atoms with van der Waals surface area (Å²) in [5.41, 5.74) is 10.6. The maximum absolute atomic E-state index is 13.1. The summed E-state index contributed by atoms with van der Waals surface area (Å²) in [6.07, 6.45) is 1.18. The first-order valence-electron chi connectivity index (χ1n) is 10.1. The Balaban J connectivity index is 1.47. The van der Waals surface area contributed by atoms with Gasteiger partial charge in [0.2, 0.25) is 0 Å². The Morgan fingerprint density at radius 1 is 1.07 bits per heavy atom. The molecule has 0 aliphatic carbocycles. The fraction of sp³-hybridized carbons (Fsp3) is 0.250. The van der Waals surface area contributed by atoms with Crippen LogP contribution < -0.4 is 5.73 Å². The van der Waals surface area contributed by atoms with Crippen molar-refractivity contribution >= 4 is 28.2 Å². The molecule has 6 heteroatoms. The monoisotopic (exact) mass is 420 g/mol. The first kappa shape index (κ1) is 20.2. The summed E-state index contributed by atoms with van der Waals surface area (Å²) in [6, 6.07) is 17.3. The Hall–Kier alpha value is -3.12. The SMILES string of the molecule is CCc1ccc(C(=O)c2c(N)sc3c2CCN(C(=O)OCc2ccccc2)C3)cc1. The number of amides is 1. The number of ether oxygens (including phenoxy) is 1. The number of carbonyl (C=O) groups is 2. The van der Waals surface area contributed by atoms with E-state index in [1.807, 2.05) is 54.6 Å². The maximum Gasteiger partial charge on any atom is 0.410 e. The minimum absolute atomic E-state index is 0.0484. The molecule has 1 aliphatic heterocycles. The normalized spacial score (nSPS) is 13.0. The summed E-state index contributed by atoms with van der Waals surface area (Å²) in [7, 11) is 0. The van der Waals surface area contributed by atoms with Crippen LogP contribution in [0.15, 0.2) is 54.6 Å². The highest BCUT2D eigenvalue weighted by Gasteiger charge is 2.29. The van der Waals surface area contributed by atoms with Gasteiger partial charge in [-0.1, -0.05) is 61.5 Å². The van der Waals surface area contributed by atoms with Crippen LogP contribution in [-0.2, 0) is 30.7 Å². The fourth-order valence-electron chi connectivity index (χ4n) is 3.68. The molecule has 0 saturated heterocycles. The highest BCUT2D eigenvalue weighted by Crippen LogP contribution is 2.36. The van der Waals surface area contributed by atoms with Crippen molar-refractivity contribution in [2.75, 3.05) is 12.3 Å². The number of fused-ring (bicyclic) bond motifs is 1. The highest BCUT2D eigenvalue weighted by molar-refractivity contribution is 7.16. The van der Waals surface area contributed by atoms with Gasteiger partial charge < -0.3 is 15.4 Å². The van der Waals surface area contributed by atoms with Gasteiger partial charge in [-0.05, 0) is 29.5 Å². The predicted molar refractivity (Wildman–Crippen MR) is 119 cm³/mol. The van der Waals surface area contributed by atoms with Gasteiger partial charge >= 0.3 is 6.09 Å². The van der Waals surface area contributed by atoms with E-state index in [4.69, 9.17) is 10.5 Å². The van der Waals surface area contributed by atoms with Gasteiger partial charge in [-0.2, -0.15) is 0 Å². The van der Waals surface area contributed by atoms with Gasteiger partial charge in [0.25, 0.3) is 0 Å². The van der Waals surface area contributed by atoms with E-state index in [-0.39, 0.29) is 18.5 Å². The number of rotatable bonds is 5. The van der Waals surface area contributed by atoms with Gasteiger partial charge in [-0.15, -0.1) is 11.3 Å². The lowest BCUT2D eigenvalue weighted by atomic mass is 9.96. The second-order valence-corrected chi connectivity index (χ2v) is 8.47. The number of hydrogen-bond acceptors (Lipinski definition) is 5. The van der Waals surface area contributed by atoms with Crippen LogP contribution in [0.2, 0.25) is 0 Å². The minimum Gasteiger partial charge on any atom is -0.445 e. The summed E-state index contributed by atoms with van der Waals surface area (Å²) >= 11 is 1.39. The van der Waals surface area contributed by atoms with Crippen molar-refractivity contribution in [3.8, 4) is 0 Å². The Morgan fingerprint density at radius 2 is 1.80 bits per heavy atom. The molecule has 0 unspecified atom stereocenters. The number of benzene rings is 2. The molecule has 30 heavy (non-hydrogen) atoms. The van der Waals surface area contributed by atoms with Crippen LogP contribution >= 0.6 is 11.3 Å². The highest BCUT2D eigenvalue weighted by atomic mass is 32.1. The Morgan fingerprint density at radius 3 is 2.50 bits per heavy atom. The molecule has 154 valence electrons. The van der Waals surface area contributed by atoms with E-state index in [0.29, 0.717) is 35.6 Å². The van der Waals surface area contributed by atoms with Crippen LogP contribution in [0.3, 0.4) is 0 Å². The molecular formula is C24H24N2O3S. The van der Waals surface area contributed by atoms with Crippen LogP contribution in [0.4, 0.5) is 9.80 Å². The van der Waals surface area contributed by atoms with E-state index in [9.17, 15) is 9.59 Å². The lowest BCUT2D eigenvalue weighted by Crippen LogP contribution is -2.36. The average molecular weight is 421 g/mol. The van der Waals surface area contributed by atoms with Crippen LogP contribution in [-0.4, -0.2) is 23.3 Å². The molecule has 2 heterocycles. The van der Waals surface area contributed by atoms with Crippen molar-refractivity contribution in [3.05, 3.63) is 87.3 Å². The number of ketones is 1. The number of nitrogen functional groups attached to an aromatic ring is 1. The van der Waals surface area contributed by atoms with Gasteiger partial charge in [0.05, 0.1) is 17.1 Å². The molecule has 0 bridgehead atoms. The van der Waals surface area contributed by atoms with E-state index in [1.54, 1.807) is 4.90 Å². The number of hydrogen-bond donors (Lipinski definition) is 1. The van der Waals surface area contributed by atoms with Crippen molar-refractivity contribution < 1.29 is 14.3 Å². The van der Waals surface area contributed by atoms with Crippen molar-refractivity contribution in [1.82, 2.24) is 4.90 Å². The Labute approximate surface area is 180 Å². The third kappa shape index (κ3) is 4.09. The smallest absolute Gasteiger partial charge is 0.410 e. The molecule has 5 nitrogen and oxygen atoms in total. The molecule has 1 aromatic heterocycles. The number of thiophene rings is 1. The van der Waals surface area contributed by atoms with E-state index in [0.717, 1.165) is 22.4 Å². The fourth-order valence-corrected chi connectivity index (χ4v) is 4.81. The zero-order chi connectivity index (χ0) is 21.1. The zero-order valence-electron chi connectivity index (χ0n) is 16.9. The van der Waals surface area contributed by atoms with Crippen LogP contribution in [0.5, 0.6) is 0 Å². The summed E-state index contributed by atoms with van der Waals surface area (Å²) in [5, 5.41) is 0.518. The molecule has 0 radical (unpaired) electrons. The Bertz CT molecular complexity index is 1060. The van der Waals surface area contributed by atoms with E-state index in [1.165, 1.54) is 16.9 Å². The molecular weight excluding hydrogens is 396 g/mol. The first-order valence-corrected chi connectivity index (χ1v) is 10.9. The van der Waals surface area contributed by atoms with Gasteiger partial charge in [-0.25, -0.2) is 4.79 Å².